The van der Waals surface area contributed by atoms with E-state index in [0.29, 0.717) is 27.8 Å². The zero-order valence-corrected chi connectivity index (χ0v) is 23.2. The van der Waals surface area contributed by atoms with Crippen molar-refractivity contribution in [3.8, 4) is 17.2 Å². The molecule has 1 N–H and O–H groups in total. The Labute approximate surface area is 228 Å². The molecule has 196 valence electrons. The Morgan fingerprint density at radius 2 is 1.71 bits per heavy atom. The van der Waals surface area contributed by atoms with E-state index in [1.54, 1.807) is 43.0 Å². The topological polar surface area (TPSA) is 90.0 Å². The molecule has 0 aliphatic carbocycles. The first kappa shape index (κ1) is 25.9. The number of nitrogens with one attached hydrogen (secondary N) is 1. The van der Waals surface area contributed by atoms with Crippen molar-refractivity contribution < 1.29 is 23.8 Å². The summed E-state index contributed by atoms with van der Waals surface area (Å²) < 4.78 is 17.2. The van der Waals surface area contributed by atoms with E-state index in [0.717, 1.165) is 26.4 Å². The van der Waals surface area contributed by atoms with Gasteiger partial charge in [0.05, 0.1) is 43.5 Å². The van der Waals surface area contributed by atoms with E-state index in [1.165, 1.54) is 25.6 Å². The molecule has 2 atom stereocenters. The fourth-order valence-electron chi connectivity index (χ4n) is 4.82. The maximum atomic E-state index is 14.1. The van der Waals surface area contributed by atoms with Crippen LogP contribution in [0.4, 0.5) is 5.13 Å². The predicted octanol–water partition coefficient (Wildman–Crippen LogP) is 5.59. The van der Waals surface area contributed by atoms with Crippen LogP contribution in [0, 0.1) is 0 Å². The molecular formula is C28H27N3O5S2. The number of benzene rings is 3. The summed E-state index contributed by atoms with van der Waals surface area (Å²) in [6.45, 7) is 0. The normalized spacial score (nSPS) is 16.8. The van der Waals surface area contributed by atoms with Crippen LogP contribution in [0.25, 0.3) is 10.2 Å². The molecular weight excluding hydrogens is 522 g/mol. The van der Waals surface area contributed by atoms with Gasteiger partial charge in [0.15, 0.2) is 16.6 Å². The molecule has 2 amide bonds. The van der Waals surface area contributed by atoms with Crippen LogP contribution < -0.4 is 19.5 Å². The van der Waals surface area contributed by atoms with Gasteiger partial charge in [-0.25, -0.2) is 4.98 Å². The van der Waals surface area contributed by atoms with Crippen LogP contribution >= 0.6 is 23.1 Å². The molecule has 8 nitrogen and oxygen atoms in total. The van der Waals surface area contributed by atoms with Crippen LogP contribution in [0.2, 0.25) is 0 Å². The standard InChI is InChI=1S/C28H27N3O5S2/c1-31-25(15-6-9-17(37-5)10-7-15)24(18-13-21(35-3)22(36-4)14-19(18)27(31)33)26(32)30-28-29-20-11-8-16(34-2)12-23(20)38-28/h6-14,24-25H,1-5H3,(H,29,30,32)/t24-,25+/m0/s1. The van der Waals surface area contributed by atoms with E-state index in [9.17, 15) is 9.59 Å². The highest BCUT2D eigenvalue weighted by Crippen LogP contribution is 2.46. The molecule has 10 heteroatoms. The van der Waals surface area contributed by atoms with Gasteiger partial charge in [-0.15, -0.1) is 11.8 Å². The molecule has 1 aromatic heterocycles. The smallest absolute Gasteiger partial charge is 0.254 e. The van der Waals surface area contributed by atoms with Crippen molar-refractivity contribution in [2.45, 2.75) is 16.9 Å². The zero-order chi connectivity index (χ0) is 27.0. The number of thioether (sulfide) groups is 1. The Morgan fingerprint density at radius 1 is 1.00 bits per heavy atom. The van der Waals surface area contributed by atoms with Gasteiger partial charge < -0.3 is 24.4 Å². The van der Waals surface area contributed by atoms with Gasteiger partial charge in [0.25, 0.3) is 5.91 Å². The average Bonchev–Trinajstić information content (AvgIpc) is 3.35. The van der Waals surface area contributed by atoms with Crippen molar-refractivity contribution in [3.05, 3.63) is 71.3 Å². The zero-order valence-electron chi connectivity index (χ0n) is 21.6. The van der Waals surface area contributed by atoms with E-state index in [-0.39, 0.29) is 11.8 Å². The molecule has 0 bridgehead atoms. The largest absolute Gasteiger partial charge is 0.497 e. The maximum absolute atomic E-state index is 14.1. The Hall–Kier alpha value is -3.76. The number of carbonyl (C=O) groups is 2. The minimum Gasteiger partial charge on any atom is -0.497 e. The summed E-state index contributed by atoms with van der Waals surface area (Å²) in [5.41, 5.74) is 2.59. The Bertz CT molecular complexity index is 1520. The highest BCUT2D eigenvalue weighted by atomic mass is 32.2. The van der Waals surface area contributed by atoms with E-state index in [2.05, 4.69) is 10.3 Å². The van der Waals surface area contributed by atoms with Crippen LogP contribution in [0.5, 0.6) is 17.2 Å². The van der Waals surface area contributed by atoms with Crippen molar-refractivity contribution >= 4 is 50.3 Å². The summed E-state index contributed by atoms with van der Waals surface area (Å²) >= 11 is 3.00. The fraction of sp³-hybridized carbons (Fsp3) is 0.250. The number of amides is 2. The predicted molar refractivity (Wildman–Crippen MR) is 150 cm³/mol. The number of nitrogens with zero attached hydrogens (tertiary/aromatic N) is 2. The summed E-state index contributed by atoms with van der Waals surface area (Å²) in [5, 5.41) is 3.49. The van der Waals surface area contributed by atoms with Crippen molar-refractivity contribution in [1.82, 2.24) is 9.88 Å². The number of thiazole rings is 1. The summed E-state index contributed by atoms with van der Waals surface area (Å²) in [6, 6.07) is 16.3. The van der Waals surface area contributed by atoms with E-state index < -0.39 is 12.0 Å². The monoisotopic (exact) mass is 549 g/mol. The van der Waals surface area contributed by atoms with Crippen LogP contribution in [0.1, 0.15) is 33.4 Å². The first-order chi connectivity index (χ1) is 18.4. The lowest BCUT2D eigenvalue weighted by atomic mass is 9.79. The molecule has 2 heterocycles. The maximum Gasteiger partial charge on any atom is 0.254 e. The summed E-state index contributed by atoms with van der Waals surface area (Å²) in [7, 11) is 6.38. The second-order valence-corrected chi connectivity index (χ2v) is 10.7. The molecule has 0 saturated heterocycles. The Morgan fingerprint density at radius 3 is 2.37 bits per heavy atom. The molecule has 0 radical (unpaired) electrons. The Kier molecular flexibility index (Phi) is 7.18. The van der Waals surface area contributed by atoms with Gasteiger partial charge >= 0.3 is 0 Å². The lowest BCUT2D eigenvalue weighted by Gasteiger charge is -2.40. The molecule has 0 saturated carbocycles. The van der Waals surface area contributed by atoms with E-state index >= 15 is 0 Å². The van der Waals surface area contributed by atoms with Gasteiger partial charge in [0, 0.05) is 17.5 Å². The molecule has 3 aromatic carbocycles. The van der Waals surface area contributed by atoms with Crippen LogP contribution in [-0.2, 0) is 4.79 Å². The number of methoxy groups -OCH3 is 3. The van der Waals surface area contributed by atoms with Crippen molar-refractivity contribution in [2.75, 3.05) is 39.9 Å². The SMILES string of the molecule is COc1ccc2nc(NC(=O)[C@H]3c4cc(OC)c(OC)cc4C(=O)N(C)[C@@H]3c3ccc(SC)cc3)sc2c1. The minimum atomic E-state index is -0.728. The molecule has 1 aliphatic rings. The molecule has 38 heavy (non-hydrogen) atoms. The van der Waals surface area contributed by atoms with Crippen LogP contribution in [0.3, 0.4) is 0 Å². The number of rotatable bonds is 7. The van der Waals surface area contributed by atoms with Gasteiger partial charge in [-0.05, 0) is 59.8 Å². The van der Waals surface area contributed by atoms with Crippen LogP contribution in [0.15, 0.2) is 59.5 Å². The van der Waals surface area contributed by atoms with E-state index in [4.69, 9.17) is 14.2 Å². The molecule has 5 rings (SSSR count). The van der Waals surface area contributed by atoms with Gasteiger partial charge in [0.1, 0.15) is 5.75 Å². The third-order valence-corrected chi connectivity index (χ3v) is 8.42. The van der Waals surface area contributed by atoms with Gasteiger partial charge in [-0.3, -0.25) is 9.59 Å². The van der Waals surface area contributed by atoms with Gasteiger partial charge in [0.2, 0.25) is 5.91 Å². The van der Waals surface area contributed by atoms with Crippen molar-refractivity contribution in [2.24, 2.45) is 0 Å². The number of carbonyl (C=O) groups excluding carboxylic acids is 2. The Balaban J connectivity index is 1.62. The quantitative estimate of drug-likeness (QED) is 0.301. The molecule has 0 spiro atoms. The van der Waals surface area contributed by atoms with Crippen molar-refractivity contribution in [3.63, 3.8) is 0 Å². The summed E-state index contributed by atoms with van der Waals surface area (Å²) in [5.74, 6) is 0.392. The second-order valence-electron chi connectivity index (χ2n) is 8.75. The summed E-state index contributed by atoms with van der Waals surface area (Å²) in [4.78, 5) is 34.9. The van der Waals surface area contributed by atoms with Crippen molar-refractivity contribution in [1.29, 1.82) is 0 Å². The third-order valence-electron chi connectivity index (χ3n) is 6.74. The van der Waals surface area contributed by atoms with Crippen LogP contribution in [-0.4, -0.2) is 56.3 Å². The number of anilines is 1. The first-order valence-corrected chi connectivity index (χ1v) is 13.8. The average molecular weight is 550 g/mol. The highest BCUT2D eigenvalue weighted by molar-refractivity contribution is 7.98. The number of ether oxygens (including phenoxy) is 3. The number of hydrogen-bond acceptors (Lipinski definition) is 8. The minimum absolute atomic E-state index is 0.198. The molecule has 0 fully saturated rings. The lowest BCUT2D eigenvalue weighted by molar-refractivity contribution is -0.119. The second kappa shape index (κ2) is 10.5. The summed E-state index contributed by atoms with van der Waals surface area (Å²) in [6.07, 6.45) is 2.00. The number of likely N-dealkylation sites (N-methyl/N-ethyl adjacent to an activating group) is 1. The molecule has 0 unspecified atom stereocenters. The van der Waals surface area contributed by atoms with Gasteiger partial charge in [-0.2, -0.15) is 0 Å². The number of aromatic nitrogens is 1. The first-order valence-electron chi connectivity index (χ1n) is 11.8. The molecule has 4 aromatic rings. The van der Waals surface area contributed by atoms with E-state index in [1.807, 2.05) is 48.7 Å². The fourth-order valence-corrected chi connectivity index (χ4v) is 6.12. The number of hydrogen-bond donors (Lipinski definition) is 1. The number of fused-ring (bicyclic) bond motifs is 2. The highest BCUT2D eigenvalue weighted by Gasteiger charge is 2.43. The lowest BCUT2D eigenvalue weighted by Crippen LogP contribution is -2.44. The van der Waals surface area contributed by atoms with Gasteiger partial charge in [-0.1, -0.05) is 23.5 Å². The third kappa shape index (κ3) is 4.54. The molecule has 1 aliphatic heterocycles.